The maximum absolute atomic E-state index is 13.4. The lowest BCUT2D eigenvalue weighted by Gasteiger charge is -2.40. The molecular formula is C37H46N3O6Si+. The Labute approximate surface area is 277 Å². The van der Waals surface area contributed by atoms with Crippen molar-refractivity contribution in [2.24, 2.45) is 0 Å². The SMILES string of the molecule is Cc1cc(C(=O)N[C@@H]2[C@@H](O)[C@H](O)[C@@H](CO)O[C@@H]2O)ccc1C1=C2C=CC(=[N+]3CCCC3)C=C2[Si](C)(C)c2cc(N3CCCC3)ccc21. The van der Waals surface area contributed by atoms with Crippen LogP contribution in [-0.2, 0) is 4.74 Å². The van der Waals surface area contributed by atoms with Crippen molar-refractivity contribution < 1.29 is 34.5 Å². The number of nitrogens with one attached hydrogen (secondary N) is 1. The molecule has 5 atom stereocenters. The summed E-state index contributed by atoms with van der Waals surface area (Å²) < 4.78 is 7.74. The van der Waals surface area contributed by atoms with Crippen molar-refractivity contribution in [2.75, 3.05) is 37.7 Å². The number of benzene rings is 2. The van der Waals surface area contributed by atoms with Gasteiger partial charge in [0.2, 0.25) is 0 Å². The fourth-order valence-electron chi connectivity index (χ4n) is 8.03. The summed E-state index contributed by atoms with van der Waals surface area (Å²) in [6.07, 6.45) is 6.27. The lowest BCUT2D eigenvalue weighted by Crippen LogP contribution is -2.64. The third-order valence-corrected chi connectivity index (χ3v) is 14.3. The zero-order valence-electron chi connectivity index (χ0n) is 27.4. The van der Waals surface area contributed by atoms with Crippen LogP contribution in [0, 0.1) is 6.92 Å². The highest BCUT2D eigenvalue weighted by molar-refractivity contribution is 6.98. The summed E-state index contributed by atoms with van der Waals surface area (Å²) >= 11 is 0. The summed E-state index contributed by atoms with van der Waals surface area (Å²) in [4.78, 5) is 15.9. The van der Waals surface area contributed by atoms with E-state index in [2.05, 4.69) is 64.3 Å². The van der Waals surface area contributed by atoms with Gasteiger partial charge in [0.15, 0.2) is 12.0 Å². The van der Waals surface area contributed by atoms with E-state index in [1.807, 2.05) is 19.1 Å². The minimum atomic E-state index is -2.10. The van der Waals surface area contributed by atoms with Gasteiger partial charge in [-0.1, -0.05) is 25.2 Å². The number of hydrogen-bond acceptors (Lipinski definition) is 7. The molecule has 10 heteroatoms. The van der Waals surface area contributed by atoms with E-state index in [9.17, 15) is 25.2 Å². The van der Waals surface area contributed by atoms with Crippen molar-refractivity contribution in [2.45, 2.75) is 76.3 Å². The number of hydrogen-bond donors (Lipinski definition) is 5. The summed E-state index contributed by atoms with van der Waals surface area (Å²) in [7, 11) is -2.10. The van der Waals surface area contributed by atoms with Gasteiger partial charge in [-0.3, -0.25) is 4.79 Å². The number of carbonyl (C=O) groups is 1. The molecule has 0 saturated carbocycles. The molecule has 0 radical (unpaired) electrons. The van der Waals surface area contributed by atoms with Crippen molar-refractivity contribution >= 4 is 36.1 Å². The molecule has 0 aromatic heterocycles. The molecule has 5 aliphatic rings. The Morgan fingerprint density at radius 1 is 0.979 bits per heavy atom. The largest absolute Gasteiger partial charge is 0.394 e. The number of fused-ring (bicyclic) bond motifs is 2. The molecule has 2 aromatic rings. The number of allylic oxidation sites excluding steroid dienone is 5. The second-order valence-corrected chi connectivity index (χ2v) is 18.4. The number of aryl methyl sites for hydroxylation is 1. The van der Waals surface area contributed by atoms with Gasteiger partial charge >= 0.3 is 0 Å². The van der Waals surface area contributed by atoms with E-state index in [1.54, 1.807) is 6.07 Å². The van der Waals surface area contributed by atoms with Crippen LogP contribution in [0.1, 0.15) is 52.7 Å². The van der Waals surface area contributed by atoms with E-state index >= 15 is 0 Å². The standard InChI is InChI=1S/C37H45N3O6Si/c1-22-18-23(36(44)38-33-35(43)34(42)29(21-41)46-37(33)45)8-11-26(22)32-27-12-9-24(39-14-4-5-15-39)19-30(27)47(2,3)31-20-25(10-13-28(31)32)40-16-6-7-17-40/h8-13,18-20,29,33-35,37,41-43,45H,4-7,14-17,21H2,1-3H3/p+1/t29-,33-,34-,35-,37+/m1/s1. The van der Waals surface area contributed by atoms with Crippen LogP contribution < -0.4 is 15.4 Å². The number of rotatable bonds is 5. The number of anilines is 1. The quantitative estimate of drug-likeness (QED) is 0.247. The molecular weight excluding hydrogens is 611 g/mol. The highest BCUT2D eigenvalue weighted by Gasteiger charge is 2.45. The summed E-state index contributed by atoms with van der Waals surface area (Å²) in [6.45, 7) is 10.8. The Hall–Kier alpha value is -3.38. The van der Waals surface area contributed by atoms with Gasteiger partial charge in [0.25, 0.3) is 5.91 Å². The fraction of sp³-hybridized carbons (Fsp3) is 0.459. The molecule has 4 aliphatic heterocycles. The van der Waals surface area contributed by atoms with E-state index in [1.165, 1.54) is 64.2 Å². The van der Waals surface area contributed by atoms with Crippen LogP contribution in [0.3, 0.4) is 0 Å². The van der Waals surface area contributed by atoms with Gasteiger partial charge < -0.3 is 35.4 Å². The van der Waals surface area contributed by atoms with Gasteiger partial charge in [0, 0.05) is 49.3 Å². The summed E-state index contributed by atoms with van der Waals surface area (Å²) in [5.74, 6) is -0.505. The van der Waals surface area contributed by atoms with Crippen LogP contribution in [0.2, 0.25) is 13.1 Å². The topological polar surface area (TPSA) is 126 Å². The maximum Gasteiger partial charge on any atom is 0.251 e. The molecule has 0 unspecified atom stereocenters. The number of aliphatic hydroxyl groups is 4. The number of aliphatic hydroxyl groups excluding tert-OH is 4. The Kier molecular flexibility index (Phi) is 8.61. The molecule has 3 saturated heterocycles. The minimum Gasteiger partial charge on any atom is -0.394 e. The molecule has 4 heterocycles. The van der Waals surface area contributed by atoms with Crippen molar-refractivity contribution in [1.29, 1.82) is 0 Å². The molecule has 7 rings (SSSR count). The molecule has 9 nitrogen and oxygen atoms in total. The first-order valence-corrected chi connectivity index (χ1v) is 20.0. The first-order valence-electron chi connectivity index (χ1n) is 17.0. The predicted octanol–water partition coefficient (Wildman–Crippen LogP) is 2.14. The molecule has 1 aliphatic carbocycles. The van der Waals surface area contributed by atoms with Crippen molar-refractivity contribution in [3.63, 3.8) is 0 Å². The molecule has 0 bridgehead atoms. The van der Waals surface area contributed by atoms with Gasteiger partial charge in [-0.15, -0.1) is 0 Å². The van der Waals surface area contributed by atoms with Gasteiger partial charge in [0.05, 0.1) is 6.61 Å². The summed E-state index contributed by atoms with van der Waals surface area (Å²) in [6, 6.07) is 11.4. The van der Waals surface area contributed by atoms with Crippen LogP contribution in [0.4, 0.5) is 5.69 Å². The number of carbonyl (C=O) groups excluding carboxylic acids is 1. The number of amides is 1. The monoisotopic (exact) mass is 656 g/mol. The average molecular weight is 657 g/mol. The zero-order chi connectivity index (χ0) is 33.0. The molecule has 2 aromatic carbocycles. The van der Waals surface area contributed by atoms with Crippen LogP contribution in [0.25, 0.3) is 5.57 Å². The van der Waals surface area contributed by atoms with E-state index < -0.39 is 51.2 Å². The Morgan fingerprint density at radius 2 is 1.70 bits per heavy atom. The molecule has 3 fully saturated rings. The van der Waals surface area contributed by atoms with E-state index in [0.717, 1.165) is 37.3 Å². The summed E-state index contributed by atoms with van der Waals surface area (Å²) in [5, 5.41) is 46.1. The maximum atomic E-state index is 13.4. The highest BCUT2D eigenvalue weighted by atomic mass is 28.3. The second kappa shape index (κ2) is 12.6. The third kappa shape index (κ3) is 5.64. The van der Waals surface area contributed by atoms with Crippen LogP contribution in [0.5, 0.6) is 0 Å². The molecule has 5 N–H and O–H groups in total. The van der Waals surface area contributed by atoms with Gasteiger partial charge in [-0.25, -0.2) is 4.58 Å². The predicted molar refractivity (Wildman–Crippen MR) is 185 cm³/mol. The zero-order valence-corrected chi connectivity index (χ0v) is 28.4. The van der Waals surface area contributed by atoms with Crippen molar-refractivity contribution in [3.05, 3.63) is 87.6 Å². The molecule has 1 amide bonds. The van der Waals surface area contributed by atoms with E-state index in [0.29, 0.717) is 5.56 Å². The van der Waals surface area contributed by atoms with Gasteiger partial charge in [0.1, 0.15) is 45.5 Å². The van der Waals surface area contributed by atoms with Crippen LogP contribution in [0.15, 0.2) is 65.4 Å². The molecule has 248 valence electrons. The van der Waals surface area contributed by atoms with Gasteiger partial charge in [-0.05, 0) is 88.3 Å². The Morgan fingerprint density at radius 3 is 2.40 bits per heavy atom. The normalized spacial score (nSPS) is 28.4. The number of nitrogens with zero attached hydrogens (tertiary/aromatic N) is 2. The van der Waals surface area contributed by atoms with E-state index in [4.69, 9.17) is 4.74 Å². The average Bonchev–Trinajstić information content (AvgIpc) is 3.81. The lowest BCUT2D eigenvalue weighted by atomic mass is 9.87. The first-order chi connectivity index (χ1) is 22.6. The Bertz CT molecular complexity index is 1710. The van der Waals surface area contributed by atoms with Crippen molar-refractivity contribution in [1.82, 2.24) is 5.32 Å². The van der Waals surface area contributed by atoms with Crippen LogP contribution >= 0.6 is 0 Å². The third-order valence-electron chi connectivity index (χ3n) is 10.8. The second-order valence-electron chi connectivity index (χ2n) is 14.1. The fourth-order valence-corrected chi connectivity index (χ4v) is 11.1. The Balaban J connectivity index is 1.28. The lowest BCUT2D eigenvalue weighted by molar-refractivity contribution is -0.504. The molecule has 47 heavy (non-hydrogen) atoms. The highest BCUT2D eigenvalue weighted by Crippen LogP contribution is 2.43. The van der Waals surface area contributed by atoms with E-state index in [-0.39, 0.29) is 0 Å². The summed E-state index contributed by atoms with van der Waals surface area (Å²) in [5.41, 5.74) is 8.64. The molecule has 0 spiro atoms. The van der Waals surface area contributed by atoms with Crippen molar-refractivity contribution in [3.8, 4) is 0 Å². The number of ether oxygens (including phenoxy) is 1. The van der Waals surface area contributed by atoms with Gasteiger partial charge in [-0.2, -0.15) is 0 Å². The minimum absolute atomic E-state index is 0.366. The smallest absolute Gasteiger partial charge is 0.251 e. The first kappa shape index (κ1) is 32.2. The van der Waals surface area contributed by atoms with Crippen LogP contribution in [-0.4, -0.2) is 108 Å².